The molecule has 0 aromatic heterocycles. The van der Waals surface area contributed by atoms with Crippen molar-refractivity contribution in [2.45, 2.75) is 80.4 Å². The predicted molar refractivity (Wildman–Crippen MR) is 126 cm³/mol. The Morgan fingerprint density at radius 2 is 2.03 bits per heavy atom. The Hall–Kier alpha value is -1.30. The van der Waals surface area contributed by atoms with Gasteiger partial charge in [-0.05, 0) is 49.7 Å². The number of carbonyl (C=O) groups is 2. The van der Waals surface area contributed by atoms with Crippen molar-refractivity contribution in [2.24, 2.45) is 17.3 Å². The Kier molecular flexibility index (Phi) is 8.28. The number of halogens is 1. The number of carboxylic acids is 1. The van der Waals surface area contributed by atoms with Crippen LogP contribution in [0, 0.1) is 17.3 Å². The fourth-order valence-corrected chi connectivity index (χ4v) is 6.73. The average Bonchev–Trinajstić information content (AvgIpc) is 3.15. The number of aliphatic hydroxyl groups excluding tert-OH is 1. The Labute approximate surface area is 194 Å². The Balaban J connectivity index is 1.51. The van der Waals surface area contributed by atoms with E-state index in [0.29, 0.717) is 19.3 Å². The van der Waals surface area contributed by atoms with Crippen LogP contribution in [0.5, 0.6) is 0 Å². The van der Waals surface area contributed by atoms with Crippen LogP contribution in [-0.2, 0) is 9.59 Å². The van der Waals surface area contributed by atoms with Gasteiger partial charge >= 0.3 is 5.97 Å². The molecule has 0 saturated heterocycles. The van der Waals surface area contributed by atoms with Gasteiger partial charge in [-0.15, -0.1) is 23.4 Å². The maximum absolute atomic E-state index is 12.8. The molecular formula is C25H33ClO4S. The fraction of sp³-hybridized carbons (Fsp3) is 0.600. The van der Waals surface area contributed by atoms with Gasteiger partial charge < -0.3 is 10.2 Å². The number of carbonyl (C=O) groups excluding carboxylic acids is 1. The summed E-state index contributed by atoms with van der Waals surface area (Å²) in [6.07, 6.45) is 7.75. The molecule has 3 rings (SSSR count). The van der Waals surface area contributed by atoms with E-state index in [0.717, 1.165) is 19.3 Å². The predicted octanol–water partition coefficient (Wildman–Crippen LogP) is 6.01. The maximum Gasteiger partial charge on any atom is 0.303 e. The number of Topliss-reactive ketones (excluding diaryl/α,β-unsaturated/α-hetero) is 1. The third-order valence-electron chi connectivity index (χ3n) is 6.57. The minimum absolute atomic E-state index is 0.0270. The molecule has 4 nitrogen and oxygen atoms in total. The van der Waals surface area contributed by atoms with Gasteiger partial charge in [0.2, 0.25) is 0 Å². The summed E-state index contributed by atoms with van der Waals surface area (Å²) in [4.78, 5) is 24.8. The van der Waals surface area contributed by atoms with Crippen molar-refractivity contribution >= 4 is 35.1 Å². The van der Waals surface area contributed by atoms with Gasteiger partial charge in [0.15, 0.2) is 0 Å². The van der Waals surface area contributed by atoms with Crippen LogP contribution in [0.15, 0.2) is 41.3 Å². The summed E-state index contributed by atoms with van der Waals surface area (Å²) in [5.74, 6) is -0.510. The summed E-state index contributed by atoms with van der Waals surface area (Å²) in [6.45, 7) is 3.97. The Morgan fingerprint density at radius 1 is 1.29 bits per heavy atom. The number of fused-ring (bicyclic) bond motifs is 1. The summed E-state index contributed by atoms with van der Waals surface area (Å²) in [5.41, 5.74) is 0.817. The van der Waals surface area contributed by atoms with Gasteiger partial charge in [-0.2, -0.15) is 0 Å². The molecule has 6 heteroatoms. The van der Waals surface area contributed by atoms with E-state index < -0.39 is 12.1 Å². The number of hydrogen-bond donors (Lipinski definition) is 2. The number of allylic oxidation sites excluding steroid dienone is 1. The van der Waals surface area contributed by atoms with Crippen LogP contribution in [0.3, 0.4) is 0 Å². The molecule has 0 amide bonds. The molecule has 1 heterocycles. The van der Waals surface area contributed by atoms with Crippen LogP contribution in [0.1, 0.15) is 69.7 Å². The lowest BCUT2D eigenvalue weighted by Crippen LogP contribution is -2.22. The van der Waals surface area contributed by atoms with Gasteiger partial charge in [0.1, 0.15) is 5.78 Å². The third kappa shape index (κ3) is 6.15. The third-order valence-corrected chi connectivity index (χ3v) is 8.70. The van der Waals surface area contributed by atoms with Crippen molar-refractivity contribution in [2.75, 3.05) is 0 Å². The number of thioether (sulfide) groups is 1. The van der Waals surface area contributed by atoms with Crippen molar-refractivity contribution in [1.29, 1.82) is 0 Å². The molecule has 1 aliphatic carbocycles. The van der Waals surface area contributed by atoms with Gasteiger partial charge in [-0.25, -0.2) is 0 Å². The van der Waals surface area contributed by atoms with Crippen LogP contribution in [0.2, 0.25) is 0 Å². The lowest BCUT2D eigenvalue weighted by molar-refractivity contribution is -0.137. The zero-order valence-electron chi connectivity index (χ0n) is 18.3. The second-order valence-electron chi connectivity index (χ2n) is 9.49. The first kappa shape index (κ1) is 24.3. The van der Waals surface area contributed by atoms with Crippen molar-refractivity contribution in [3.63, 3.8) is 0 Å². The second kappa shape index (κ2) is 10.5. The molecule has 0 spiro atoms. The Bertz CT molecular complexity index is 821. The van der Waals surface area contributed by atoms with Crippen molar-refractivity contribution in [3.8, 4) is 0 Å². The standard InChI is InChI=1S/C25H33ClO4S/c1-25(2)15-16(18(24(25)30)7-4-6-10-22(28)29)11-12-17(27)13-14-21-23(26)19-8-3-5-9-20(19)31-21/h3,5,8-9,11-12,16-18,21,23,27H,4,6-7,10,13-15H2,1-2H3,(H,28,29)/b12-11+/t16-,17?,18+,21?,23?/m0/s1. The molecule has 0 bridgehead atoms. The fourth-order valence-electron chi connectivity index (χ4n) is 4.86. The molecule has 170 valence electrons. The summed E-state index contributed by atoms with van der Waals surface area (Å²) in [6, 6.07) is 8.21. The first-order valence-corrected chi connectivity index (χ1v) is 12.5. The molecule has 2 N–H and O–H groups in total. The monoisotopic (exact) mass is 464 g/mol. The zero-order valence-corrected chi connectivity index (χ0v) is 19.9. The number of alkyl halides is 1. The number of aliphatic carboxylic acids is 1. The molecule has 1 aromatic rings. The maximum atomic E-state index is 12.8. The molecule has 3 unspecified atom stereocenters. The molecule has 0 radical (unpaired) electrons. The van der Waals surface area contributed by atoms with Crippen LogP contribution in [-0.4, -0.2) is 33.3 Å². The molecule has 1 aliphatic heterocycles. The van der Waals surface area contributed by atoms with Gasteiger partial charge in [-0.1, -0.05) is 50.6 Å². The average molecular weight is 465 g/mol. The first-order valence-electron chi connectivity index (χ1n) is 11.2. The van der Waals surface area contributed by atoms with Gasteiger partial charge in [-0.3, -0.25) is 9.59 Å². The van der Waals surface area contributed by atoms with Gasteiger partial charge in [0.25, 0.3) is 0 Å². The highest BCUT2D eigenvalue weighted by Gasteiger charge is 2.45. The molecular weight excluding hydrogens is 432 g/mol. The topological polar surface area (TPSA) is 74.6 Å². The van der Waals surface area contributed by atoms with Crippen LogP contribution >= 0.6 is 23.4 Å². The second-order valence-corrected chi connectivity index (χ2v) is 11.2. The van der Waals surface area contributed by atoms with E-state index >= 15 is 0 Å². The molecule has 31 heavy (non-hydrogen) atoms. The molecule has 2 aliphatic rings. The Morgan fingerprint density at radius 3 is 2.74 bits per heavy atom. The van der Waals surface area contributed by atoms with E-state index in [1.54, 1.807) is 11.8 Å². The molecule has 1 aromatic carbocycles. The highest BCUT2D eigenvalue weighted by Crippen LogP contribution is 2.49. The van der Waals surface area contributed by atoms with E-state index in [-0.39, 0.29) is 40.1 Å². The lowest BCUT2D eigenvalue weighted by atomic mass is 9.87. The van der Waals surface area contributed by atoms with Crippen molar-refractivity contribution in [3.05, 3.63) is 42.0 Å². The first-order chi connectivity index (χ1) is 14.7. The largest absolute Gasteiger partial charge is 0.481 e. The number of benzene rings is 1. The van der Waals surface area contributed by atoms with Crippen LogP contribution < -0.4 is 0 Å². The van der Waals surface area contributed by atoms with E-state index in [1.807, 2.05) is 38.1 Å². The van der Waals surface area contributed by atoms with Crippen molar-refractivity contribution in [1.82, 2.24) is 0 Å². The van der Waals surface area contributed by atoms with E-state index in [2.05, 4.69) is 12.1 Å². The number of hydrogen-bond acceptors (Lipinski definition) is 4. The quantitative estimate of drug-likeness (QED) is 0.252. The van der Waals surface area contributed by atoms with E-state index in [9.17, 15) is 14.7 Å². The lowest BCUT2D eigenvalue weighted by Gasteiger charge is -2.17. The van der Waals surface area contributed by atoms with Crippen LogP contribution in [0.25, 0.3) is 0 Å². The molecule has 5 atom stereocenters. The number of ketones is 1. The minimum atomic E-state index is -0.791. The highest BCUT2D eigenvalue weighted by atomic mass is 35.5. The SMILES string of the molecule is CC1(C)C[C@H](/C=C/C(O)CCC2Sc3ccccc3C2Cl)[C@@H](CCCCC(=O)O)C1=O. The van der Waals surface area contributed by atoms with Crippen molar-refractivity contribution < 1.29 is 19.8 Å². The zero-order chi connectivity index (χ0) is 22.6. The number of rotatable bonds is 10. The number of aliphatic hydroxyl groups is 1. The number of unbranched alkanes of at least 4 members (excludes halogenated alkanes) is 1. The normalized spacial score (nSPS) is 28.2. The minimum Gasteiger partial charge on any atom is -0.481 e. The summed E-state index contributed by atoms with van der Waals surface area (Å²) < 4.78 is 0. The summed E-state index contributed by atoms with van der Waals surface area (Å²) in [7, 11) is 0. The molecule has 1 fully saturated rings. The van der Waals surface area contributed by atoms with Crippen LogP contribution in [0.4, 0.5) is 0 Å². The van der Waals surface area contributed by atoms with Gasteiger partial charge in [0, 0.05) is 27.9 Å². The summed E-state index contributed by atoms with van der Waals surface area (Å²) in [5, 5.41) is 19.6. The van der Waals surface area contributed by atoms with Gasteiger partial charge in [0.05, 0.1) is 11.5 Å². The highest BCUT2D eigenvalue weighted by molar-refractivity contribution is 8.00. The van der Waals surface area contributed by atoms with E-state index in [1.165, 1.54) is 10.5 Å². The van der Waals surface area contributed by atoms with E-state index in [4.69, 9.17) is 16.7 Å². The molecule has 1 saturated carbocycles. The smallest absolute Gasteiger partial charge is 0.303 e. The summed E-state index contributed by atoms with van der Waals surface area (Å²) >= 11 is 8.41. The number of carboxylic acid groups (broad SMARTS) is 1.